The van der Waals surface area contributed by atoms with E-state index in [2.05, 4.69) is 10.6 Å². The number of unbranched alkanes of at least 4 members (excludes halogenated alkanes) is 1. The summed E-state index contributed by atoms with van der Waals surface area (Å²) in [4.78, 5) is 47.4. The standard InChI is InChI=1S/C20H31N5O5/c21-11-5-4-8-15(19(28)25-16(20(29)30)9-10-17(23)26)24-18(27)14(22)12-13-6-2-1-3-7-13/h1-3,6-7,14-16H,4-5,8-12,21-22H2,(H2,23,26)(H,24,27)(H,25,28)(H,29,30)/t14-,15-,16-/m0/s1. The smallest absolute Gasteiger partial charge is 0.326 e. The first-order chi connectivity index (χ1) is 14.2. The number of hydrogen-bond donors (Lipinski definition) is 6. The van der Waals surface area contributed by atoms with Crippen LogP contribution in [0.15, 0.2) is 30.3 Å². The second-order valence-electron chi connectivity index (χ2n) is 7.05. The molecule has 10 nitrogen and oxygen atoms in total. The van der Waals surface area contributed by atoms with Crippen molar-refractivity contribution in [2.75, 3.05) is 6.54 Å². The summed E-state index contributed by atoms with van der Waals surface area (Å²) in [6.07, 6.45) is 1.42. The maximum Gasteiger partial charge on any atom is 0.326 e. The number of amides is 3. The molecular formula is C20H31N5O5. The monoisotopic (exact) mass is 421 g/mol. The van der Waals surface area contributed by atoms with Crippen molar-refractivity contribution in [3.63, 3.8) is 0 Å². The van der Waals surface area contributed by atoms with E-state index in [0.717, 1.165) is 5.56 Å². The maximum absolute atomic E-state index is 12.6. The molecule has 1 rings (SSSR count). The predicted octanol–water partition coefficient (Wildman–Crippen LogP) is -0.995. The van der Waals surface area contributed by atoms with Crippen molar-refractivity contribution in [1.29, 1.82) is 0 Å². The van der Waals surface area contributed by atoms with Crippen molar-refractivity contribution in [1.82, 2.24) is 10.6 Å². The lowest BCUT2D eigenvalue weighted by atomic mass is 10.0. The van der Waals surface area contributed by atoms with Crippen LogP contribution >= 0.6 is 0 Å². The first-order valence-electron chi connectivity index (χ1n) is 9.86. The number of benzene rings is 1. The quantitative estimate of drug-likeness (QED) is 0.208. The van der Waals surface area contributed by atoms with Crippen LogP contribution in [0, 0.1) is 0 Å². The SMILES string of the molecule is NCCCC[C@H](NC(=O)[C@@H](N)Cc1ccccc1)C(=O)N[C@@H](CCC(N)=O)C(=O)O. The molecule has 0 aliphatic heterocycles. The maximum atomic E-state index is 12.6. The molecule has 0 heterocycles. The lowest BCUT2D eigenvalue weighted by molar-refractivity contribution is -0.142. The zero-order valence-electron chi connectivity index (χ0n) is 16.9. The van der Waals surface area contributed by atoms with Gasteiger partial charge in [-0.25, -0.2) is 4.79 Å². The number of rotatable bonds is 14. The highest BCUT2D eigenvalue weighted by Gasteiger charge is 2.28. The van der Waals surface area contributed by atoms with E-state index in [9.17, 15) is 24.3 Å². The van der Waals surface area contributed by atoms with Gasteiger partial charge in [0.05, 0.1) is 6.04 Å². The second kappa shape index (κ2) is 13.3. The summed E-state index contributed by atoms with van der Waals surface area (Å²) in [5, 5.41) is 14.2. The van der Waals surface area contributed by atoms with Crippen molar-refractivity contribution in [2.45, 2.75) is 56.7 Å². The number of carboxylic acids is 1. The van der Waals surface area contributed by atoms with Gasteiger partial charge < -0.3 is 32.9 Å². The zero-order chi connectivity index (χ0) is 22.5. The minimum atomic E-state index is -1.29. The lowest BCUT2D eigenvalue weighted by Gasteiger charge is -2.23. The Bertz CT molecular complexity index is 713. The molecule has 0 bridgehead atoms. The number of aliphatic carboxylic acids is 1. The first kappa shape index (κ1) is 25.1. The third-order valence-electron chi connectivity index (χ3n) is 4.51. The summed E-state index contributed by atoms with van der Waals surface area (Å²) in [5.74, 6) is -3.15. The Balaban J connectivity index is 2.77. The average Bonchev–Trinajstić information content (AvgIpc) is 2.70. The average molecular weight is 421 g/mol. The highest BCUT2D eigenvalue weighted by atomic mass is 16.4. The van der Waals surface area contributed by atoms with Crippen LogP contribution in [-0.2, 0) is 25.6 Å². The van der Waals surface area contributed by atoms with E-state index in [0.29, 0.717) is 25.8 Å². The zero-order valence-corrected chi connectivity index (χ0v) is 16.9. The molecular weight excluding hydrogens is 390 g/mol. The van der Waals surface area contributed by atoms with E-state index in [1.54, 1.807) is 0 Å². The van der Waals surface area contributed by atoms with Crippen molar-refractivity contribution in [3.8, 4) is 0 Å². The molecule has 10 heteroatoms. The van der Waals surface area contributed by atoms with E-state index in [4.69, 9.17) is 17.2 Å². The van der Waals surface area contributed by atoms with Gasteiger partial charge in [0.1, 0.15) is 12.1 Å². The Morgan fingerprint density at radius 1 is 0.933 bits per heavy atom. The van der Waals surface area contributed by atoms with Crippen molar-refractivity contribution in [3.05, 3.63) is 35.9 Å². The minimum Gasteiger partial charge on any atom is -0.480 e. The molecule has 0 unspecified atom stereocenters. The molecule has 0 fully saturated rings. The van der Waals surface area contributed by atoms with Crippen LogP contribution in [0.2, 0.25) is 0 Å². The third kappa shape index (κ3) is 9.48. The Morgan fingerprint density at radius 2 is 1.57 bits per heavy atom. The summed E-state index contributed by atoms with van der Waals surface area (Å²) in [7, 11) is 0. The molecule has 166 valence electrons. The van der Waals surface area contributed by atoms with Crippen LogP contribution in [0.3, 0.4) is 0 Å². The number of hydrogen-bond acceptors (Lipinski definition) is 6. The van der Waals surface area contributed by atoms with Gasteiger partial charge in [0.2, 0.25) is 17.7 Å². The van der Waals surface area contributed by atoms with Gasteiger partial charge in [0.25, 0.3) is 0 Å². The van der Waals surface area contributed by atoms with Crippen LogP contribution in [-0.4, -0.2) is 53.5 Å². The van der Waals surface area contributed by atoms with Crippen LogP contribution in [0.5, 0.6) is 0 Å². The molecule has 0 spiro atoms. The van der Waals surface area contributed by atoms with Crippen LogP contribution in [0.25, 0.3) is 0 Å². The molecule has 1 aromatic carbocycles. The highest BCUT2D eigenvalue weighted by molar-refractivity contribution is 5.92. The van der Waals surface area contributed by atoms with Crippen molar-refractivity contribution >= 4 is 23.7 Å². The lowest BCUT2D eigenvalue weighted by Crippen LogP contribution is -2.54. The summed E-state index contributed by atoms with van der Waals surface area (Å²) in [5.41, 5.74) is 17.4. The molecule has 0 aliphatic rings. The molecule has 30 heavy (non-hydrogen) atoms. The molecule has 0 saturated heterocycles. The highest BCUT2D eigenvalue weighted by Crippen LogP contribution is 2.06. The minimum absolute atomic E-state index is 0.145. The Labute approximate surface area is 175 Å². The van der Waals surface area contributed by atoms with E-state index in [1.807, 2.05) is 30.3 Å². The Hall–Kier alpha value is -2.98. The number of carbonyl (C=O) groups excluding carboxylic acids is 3. The molecule has 3 amide bonds. The summed E-state index contributed by atoms with van der Waals surface area (Å²) in [6.45, 7) is 0.423. The summed E-state index contributed by atoms with van der Waals surface area (Å²) in [6, 6.07) is 6.07. The largest absolute Gasteiger partial charge is 0.480 e. The van der Waals surface area contributed by atoms with Gasteiger partial charge in [-0.05, 0) is 44.2 Å². The van der Waals surface area contributed by atoms with Crippen LogP contribution in [0.4, 0.5) is 0 Å². The van der Waals surface area contributed by atoms with Gasteiger partial charge in [-0.1, -0.05) is 30.3 Å². The molecule has 0 radical (unpaired) electrons. The number of nitrogens with two attached hydrogens (primary N) is 3. The van der Waals surface area contributed by atoms with Gasteiger partial charge >= 0.3 is 5.97 Å². The molecule has 0 aromatic heterocycles. The fourth-order valence-corrected chi connectivity index (χ4v) is 2.82. The van der Waals surface area contributed by atoms with Gasteiger partial charge in [0, 0.05) is 6.42 Å². The van der Waals surface area contributed by atoms with Gasteiger partial charge in [0.15, 0.2) is 0 Å². The van der Waals surface area contributed by atoms with Crippen LogP contribution in [0.1, 0.15) is 37.7 Å². The molecule has 3 atom stereocenters. The Morgan fingerprint density at radius 3 is 2.13 bits per heavy atom. The second-order valence-corrected chi connectivity index (χ2v) is 7.05. The number of carbonyl (C=O) groups is 4. The summed E-state index contributed by atoms with van der Waals surface area (Å²) >= 11 is 0. The summed E-state index contributed by atoms with van der Waals surface area (Å²) < 4.78 is 0. The number of carboxylic acid groups (broad SMARTS) is 1. The number of nitrogens with one attached hydrogen (secondary N) is 2. The van der Waals surface area contributed by atoms with E-state index in [-0.39, 0.29) is 19.3 Å². The number of primary amides is 1. The molecule has 1 aromatic rings. The normalized spacial score (nSPS) is 13.7. The van der Waals surface area contributed by atoms with Gasteiger partial charge in [-0.3, -0.25) is 14.4 Å². The van der Waals surface area contributed by atoms with Gasteiger partial charge in [-0.2, -0.15) is 0 Å². The van der Waals surface area contributed by atoms with Crippen molar-refractivity contribution in [2.24, 2.45) is 17.2 Å². The van der Waals surface area contributed by atoms with E-state index < -0.39 is 41.8 Å². The van der Waals surface area contributed by atoms with E-state index >= 15 is 0 Å². The fourth-order valence-electron chi connectivity index (χ4n) is 2.82. The van der Waals surface area contributed by atoms with Crippen LogP contribution < -0.4 is 27.8 Å². The van der Waals surface area contributed by atoms with E-state index in [1.165, 1.54) is 0 Å². The first-order valence-corrected chi connectivity index (χ1v) is 9.86. The topological polar surface area (TPSA) is 191 Å². The van der Waals surface area contributed by atoms with Crippen molar-refractivity contribution < 1.29 is 24.3 Å². The predicted molar refractivity (Wildman–Crippen MR) is 111 cm³/mol. The molecule has 9 N–H and O–H groups in total. The Kier molecular flexibility index (Phi) is 11.1. The molecule has 0 saturated carbocycles. The third-order valence-corrected chi connectivity index (χ3v) is 4.51. The molecule has 0 aliphatic carbocycles. The van der Waals surface area contributed by atoms with Gasteiger partial charge in [-0.15, -0.1) is 0 Å². The fraction of sp³-hybridized carbons (Fsp3) is 0.500.